The average molecular weight is 534 g/mol. The van der Waals surface area contributed by atoms with Gasteiger partial charge in [0.05, 0.1) is 5.52 Å². The van der Waals surface area contributed by atoms with Gasteiger partial charge in [0, 0.05) is 36.3 Å². The second-order valence-electron chi connectivity index (χ2n) is 11.4. The molecule has 2 heterocycles. The zero-order valence-corrected chi connectivity index (χ0v) is 23.6. The molecule has 0 saturated carbocycles. The van der Waals surface area contributed by atoms with Gasteiger partial charge >= 0.3 is 12.1 Å². The maximum Gasteiger partial charge on any atom is 0.410 e. The van der Waals surface area contributed by atoms with E-state index in [1.165, 1.54) is 0 Å². The highest BCUT2D eigenvalue weighted by Gasteiger charge is 2.30. The van der Waals surface area contributed by atoms with Crippen LogP contribution in [0.25, 0.3) is 16.6 Å². The topological polar surface area (TPSA) is 81.1 Å². The maximum atomic E-state index is 13.9. The molecule has 8 nitrogen and oxygen atoms in total. The van der Waals surface area contributed by atoms with Gasteiger partial charge in [0.1, 0.15) is 17.9 Å². The number of fused-ring (bicyclic) bond motifs is 1. The highest BCUT2D eigenvalue weighted by atomic mass is 16.6. The van der Waals surface area contributed by atoms with Crippen molar-refractivity contribution in [1.82, 2.24) is 14.4 Å². The Morgan fingerprint density at radius 1 is 0.974 bits per heavy atom. The summed E-state index contributed by atoms with van der Waals surface area (Å²) >= 11 is 0. The fourth-order valence-electron chi connectivity index (χ4n) is 4.96. The Bertz CT molecular complexity index is 1370. The molecule has 1 fully saturated rings. The minimum absolute atomic E-state index is 0.134. The first-order valence-corrected chi connectivity index (χ1v) is 13.6. The standard InChI is InChI=1S/C31H39N3O5/c1-31(2,3)39-30(37)33-17-15-22(16-18-33)21-25-27(29(36)38-20-19-32(4)5)34(23-11-7-6-8-12-23)26-14-10-9-13-24(26)28(25)35/h6-14,22H,15-21H2,1-5H3. The lowest BCUT2D eigenvalue weighted by Gasteiger charge is -2.33. The zero-order valence-electron chi connectivity index (χ0n) is 23.6. The molecule has 1 saturated heterocycles. The molecule has 3 aromatic rings. The van der Waals surface area contributed by atoms with E-state index in [0.29, 0.717) is 55.4 Å². The number of nitrogens with zero attached hydrogens (tertiary/aromatic N) is 3. The molecule has 0 bridgehead atoms. The molecule has 1 aromatic heterocycles. The number of pyridine rings is 1. The number of carbonyl (C=O) groups excluding carboxylic acids is 2. The number of hydrogen-bond acceptors (Lipinski definition) is 6. The minimum atomic E-state index is -0.552. The van der Waals surface area contributed by atoms with Crippen molar-refractivity contribution < 1.29 is 19.1 Å². The first-order valence-electron chi connectivity index (χ1n) is 13.6. The summed E-state index contributed by atoms with van der Waals surface area (Å²) in [6.45, 7) is 7.45. The molecular formula is C31H39N3O5. The number of amides is 1. The molecule has 1 aliphatic heterocycles. The number of piperidine rings is 1. The molecule has 0 N–H and O–H groups in total. The lowest BCUT2D eigenvalue weighted by Crippen LogP contribution is -2.42. The van der Waals surface area contributed by atoms with Crippen LogP contribution in [0.15, 0.2) is 59.4 Å². The minimum Gasteiger partial charge on any atom is -0.460 e. The molecule has 1 aliphatic rings. The van der Waals surface area contributed by atoms with Gasteiger partial charge in [0.15, 0.2) is 5.43 Å². The molecule has 0 spiro atoms. The maximum absolute atomic E-state index is 13.9. The Hall–Kier alpha value is -3.65. The van der Waals surface area contributed by atoms with Crippen molar-refractivity contribution in [3.05, 3.63) is 76.1 Å². The Morgan fingerprint density at radius 3 is 2.26 bits per heavy atom. The number of ether oxygens (including phenoxy) is 2. The number of likely N-dealkylation sites (N-methyl/N-ethyl adjacent to an activating group) is 1. The van der Waals surface area contributed by atoms with E-state index in [1.807, 2.05) is 98.9 Å². The van der Waals surface area contributed by atoms with Crippen molar-refractivity contribution >= 4 is 23.0 Å². The van der Waals surface area contributed by atoms with Gasteiger partial charge in [-0.15, -0.1) is 0 Å². The summed E-state index contributed by atoms with van der Waals surface area (Å²) in [5, 5.41) is 0.562. The van der Waals surface area contributed by atoms with E-state index in [-0.39, 0.29) is 29.7 Å². The van der Waals surface area contributed by atoms with E-state index in [0.717, 1.165) is 5.69 Å². The van der Waals surface area contributed by atoms with Gasteiger partial charge in [-0.2, -0.15) is 0 Å². The van der Waals surface area contributed by atoms with E-state index in [1.54, 1.807) is 4.90 Å². The van der Waals surface area contributed by atoms with Crippen LogP contribution < -0.4 is 5.43 Å². The van der Waals surface area contributed by atoms with E-state index in [2.05, 4.69) is 0 Å². The number of benzene rings is 2. The summed E-state index contributed by atoms with van der Waals surface area (Å²) in [5.74, 6) is -0.375. The predicted octanol–water partition coefficient (Wildman–Crippen LogP) is 4.90. The highest BCUT2D eigenvalue weighted by Crippen LogP contribution is 2.28. The van der Waals surface area contributed by atoms with Crippen LogP contribution in [0.2, 0.25) is 0 Å². The van der Waals surface area contributed by atoms with E-state index < -0.39 is 11.6 Å². The van der Waals surface area contributed by atoms with Crippen molar-refractivity contribution in [2.75, 3.05) is 40.3 Å². The third-order valence-corrected chi connectivity index (χ3v) is 6.91. The first-order chi connectivity index (χ1) is 18.5. The normalized spacial score (nSPS) is 14.6. The molecule has 39 heavy (non-hydrogen) atoms. The van der Waals surface area contributed by atoms with Crippen LogP contribution in [0.3, 0.4) is 0 Å². The summed E-state index contributed by atoms with van der Waals surface area (Å²) in [6, 6.07) is 17.0. The zero-order chi connectivity index (χ0) is 28.2. The Kier molecular flexibility index (Phi) is 8.75. The van der Waals surface area contributed by atoms with Crippen LogP contribution in [0, 0.1) is 5.92 Å². The van der Waals surface area contributed by atoms with Gasteiger partial charge in [-0.25, -0.2) is 9.59 Å². The van der Waals surface area contributed by atoms with Gasteiger partial charge in [-0.05, 0) is 84.3 Å². The van der Waals surface area contributed by atoms with E-state index in [9.17, 15) is 14.4 Å². The number of carbonyl (C=O) groups is 2. The molecule has 0 unspecified atom stereocenters. The van der Waals surface area contributed by atoms with E-state index >= 15 is 0 Å². The summed E-state index contributed by atoms with van der Waals surface area (Å²) in [6.07, 6.45) is 1.54. The van der Waals surface area contributed by atoms with E-state index in [4.69, 9.17) is 9.47 Å². The fourth-order valence-corrected chi connectivity index (χ4v) is 4.96. The highest BCUT2D eigenvalue weighted by molar-refractivity contribution is 5.95. The summed E-state index contributed by atoms with van der Waals surface area (Å²) in [4.78, 5) is 43.8. The lowest BCUT2D eigenvalue weighted by atomic mass is 9.88. The predicted molar refractivity (Wildman–Crippen MR) is 153 cm³/mol. The van der Waals surface area contributed by atoms with Gasteiger partial charge in [0.2, 0.25) is 0 Å². The number of esters is 1. The Balaban J connectivity index is 1.72. The second kappa shape index (κ2) is 12.0. The molecular weight excluding hydrogens is 494 g/mol. The average Bonchev–Trinajstić information content (AvgIpc) is 2.89. The van der Waals surface area contributed by atoms with Crippen LogP contribution in [0.4, 0.5) is 4.79 Å². The smallest absolute Gasteiger partial charge is 0.410 e. The molecule has 0 aliphatic carbocycles. The third kappa shape index (κ3) is 6.87. The molecule has 208 valence electrons. The fraction of sp³-hybridized carbons (Fsp3) is 0.452. The largest absolute Gasteiger partial charge is 0.460 e. The number of likely N-dealkylation sites (tertiary alicyclic amines) is 1. The van der Waals surface area contributed by atoms with Crippen molar-refractivity contribution in [2.24, 2.45) is 5.92 Å². The molecule has 4 rings (SSSR count). The van der Waals surface area contributed by atoms with Gasteiger partial charge < -0.3 is 23.8 Å². The molecule has 2 aromatic carbocycles. The van der Waals surface area contributed by atoms with Gasteiger partial charge in [0.25, 0.3) is 0 Å². The Labute approximate surface area is 230 Å². The van der Waals surface area contributed by atoms with Crippen molar-refractivity contribution in [2.45, 2.75) is 45.6 Å². The number of hydrogen-bond donors (Lipinski definition) is 0. The molecule has 8 heteroatoms. The molecule has 1 amide bonds. The van der Waals surface area contributed by atoms with Crippen molar-refractivity contribution in [3.63, 3.8) is 0 Å². The number of para-hydroxylation sites is 2. The van der Waals surface area contributed by atoms with Crippen LogP contribution in [0.1, 0.15) is 49.7 Å². The van der Waals surface area contributed by atoms with Crippen LogP contribution in [-0.4, -0.2) is 72.4 Å². The SMILES string of the molecule is CN(C)CCOC(=O)c1c(CC2CCN(C(=O)OC(C)(C)C)CC2)c(=O)c2ccccc2n1-c1ccccc1. The van der Waals surface area contributed by atoms with Gasteiger partial charge in [-0.1, -0.05) is 30.3 Å². The van der Waals surface area contributed by atoms with Gasteiger partial charge in [-0.3, -0.25) is 4.79 Å². The molecule has 0 atom stereocenters. The quantitative estimate of drug-likeness (QED) is 0.402. The second-order valence-corrected chi connectivity index (χ2v) is 11.4. The lowest BCUT2D eigenvalue weighted by molar-refractivity contribution is 0.0184. The van der Waals surface area contributed by atoms with Crippen molar-refractivity contribution in [3.8, 4) is 5.69 Å². The third-order valence-electron chi connectivity index (χ3n) is 6.91. The monoisotopic (exact) mass is 533 g/mol. The first kappa shape index (κ1) is 28.4. The number of rotatable bonds is 7. The van der Waals surface area contributed by atoms with Crippen molar-refractivity contribution in [1.29, 1.82) is 0 Å². The van der Waals surface area contributed by atoms with Crippen LogP contribution in [-0.2, 0) is 15.9 Å². The summed E-state index contributed by atoms with van der Waals surface area (Å²) in [5.41, 5.74) is 1.49. The number of aromatic nitrogens is 1. The van der Waals surface area contributed by atoms with Crippen LogP contribution in [0.5, 0.6) is 0 Å². The summed E-state index contributed by atoms with van der Waals surface area (Å²) < 4.78 is 13.1. The molecule has 0 radical (unpaired) electrons. The van der Waals surface area contributed by atoms with Crippen LogP contribution >= 0.6 is 0 Å². The Morgan fingerprint density at radius 2 is 1.62 bits per heavy atom. The summed E-state index contributed by atoms with van der Waals surface area (Å²) in [7, 11) is 3.83.